The first kappa shape index (κ1) is 20.2. The van der Waals surface area contributed by atoms with Crippen LogP contribution in [0.15, 0.2) is 46.1 Å². The number of halogens is 2. The van der Waals surface area contributed by atoms with Gasteiger partial charge < -0.3 is 10.3 Å². The van der Waals surface area contributed by atoms with E-state index in [-0.39, 0.29) is 32.1 Å². The maximum absolute atomic E-state index is 12.6. The quantitative estimate of drug-likeness (QED) is 0.726. The molecule has 9 heteroatoms. The first-order valence-corrected chi connectivity index (χ1v) is 11.5. The maximum Gasteiger partial charge on any atom is 0.267 e. The van der Waals surface area contributed by atoms with E-state index in [1.165, 1.54) is 12.1 Å². The molecular weight excluding hydrogens is 435 g/mol. The molecular formula is C20H18Cl2N2O4S. The van der Waals surface area contributed by atoms with E-state index in [0.717, 1.165) is 0 Å². The first-order chi connectivity index (χ1) is 13.8. The number of benzene rings is 1. The Morgan fingerprint density at radius 2 is 1.79 bits per heavy atom. The smallest absolute Gasteiger partial charge is 0.267 e. The van der Waals surface area contributed by atoms with Crippen molar-refractivity contribution in [2.75, 3.05) is 0 Å². The minimum absolute atomic E-state index is 0.0425. The fourth-order valence-electron chi connectivity index (χ4n) is 3.38. The second-order valence-electron chi connectivity index (χ2n) is 7.23. The van der Waals surface area contributed by atoms with E-state index >= 15 is 0 Å². The van der Waals surface area contributed by atoms with Crippen molar-refractivity contribution in [1.29, 1.82) is 0 Å². The third-order valence-corrected chi connectivity index (χ3v) is 8.10. The zero-order chi connectivity index (χ0) is 20.8. The van der Waals surface area contributed by atoms with E-state index in [9.17, 15) is 18.0 Å². The third kappa shape index (κ3) is 4.13. The fourth-order valence-corrected chi connectivity index (χ4v) is 5.69. The Bertz CT molecular complexity index is 1180. The van der Waals surface area contributed by atoms with Gasteiger partial charge in [0.1, 0.15) is 5.02 Å². The molecule has 0 radical (unpaired) electrons. The van der Waals surface area contributed by atoms with Gasteiger partial charge in [-0.2, -0.15) is 0 Å². The lowest BCUT2D eigenvalue weighted by Crippen LogP contribution is -2.23. The number of rotatable bonds is 5. The predicted octanol–water partition coefficient (Wildman–Crippen LogP) is 3.33. The van der Waals surface area contributed by atoms with Crippen LogP contribution in [0.4, 0.5) is 0 Å². The Morgan fingerprint density at radius 3 is 2.38 bits per heavy atom. The van der Waals surface area contributed by atoms with Gasteiger partial charge in [0.2, 0.25) is 5.91 Å². The summed E-state index contributed by atoms with van der Waals surface area (Å²) in [6, 6.07) is 7.69. The maximum atomic E-state index is 12.6. The van der Waals surface area contributed by atoms with Crippen LogP contribution in [0, 0.1) is 0 Å². The van der Waals surface area contributed by atoms with Gasteiger partial charge in [-0.1, -0.05) is 35.3 Å². The van der Waals surface area contributed by atoms with Crippen molar-refractivity contribution in [2.45, 2.75) is 41.9 Å². The number of H-pyrrole nitrogens is 1. The molecule has 0 bridgehead atoms. The molecule has 1 amide bonds. The van der Waals surface area contributed by atoms with Gasteiger partial charge in [0.05, 0.1) is 15.2 Å². The van der Waals surface area contributed by atoms with Crippen LogP contribution < -0.4 is 10.9 Å². The van der Waals surface area contributed by atoms with E-state index in [4.69, 9.17) is 23.2 Å². The number of aromatic amines is 1. The summed E-state index contributed by atoms with van der Waals surface area (Å²) in [7, 11) is -3.43. The van der Waals surface area contributed by atoms with Crippen molar-refractivity contribution in [3.05, 3.63) is 68.1 Å². The van der Waals surface area contributed by atoms with Crippen molar-refractivity contribution >= 4 is 44.5 Å². The van der Waals surface area contributed by atoms with E-state index < -0.39 is 15.4 Å². The van der Waals surface area contributed by atoms with Crippen molar-refractivity contribution in [3.63, 3.8) is 0 Å². The number of pyridine rings is 1. The van der Waals surface area contributed by atoms with Crippen molar-refractivity contribution in [3.8, 4) is 0 Å². The van der Waals surface area contributed by atoms with Gasteiger partial charge in [0.15, 0.2) is 9.84 Å². The lowest BCUT2D eigenvalue weighted by molar-refractivity contribution is -0.119. The molecule has 6 nitrogen and oxygen atoms in total. The van der Waals surface area contributed by atoms with Gasteiger partial charge in [-0.05, 0) is 49.1 Å². The van der Waals surface area contributed by atoms with Crippen LogP contribution in [0.3, 0.4) is 0 Å². The number of carbonyl (C=O) groups excluding carboxylic acids is 1. The summed E-state index contributed by atoms with van der Waals surface area (Å²) in [4.78, 5) is 26.4. The molecule has 2 aliphatic rings. The predicted molar refractivity (Wildman–Crippen MR) is 112 cm³/mol. The van der Waals surface area contributed by atoms with E-state index in [2.05, 4.69) is 10.3 Å². The zero-order valence-corrected chi connectivity index (χ0v) is 17.6. The van der Waals surface area contributed by atoms with Crippen molar-refractivity contribution in [1.82, 2.24) is 10.3 Å². The summed E-state index contributed by atoms with van der Waals surface area (Å²) < 4.78 is 25.1. The molecule has 2 heterocycles. The van der Waals surface area contributed by atoms with E-state index in [1.807, 2.05) is 6.08 Å². The van der Waals surface area contributed by atoms with Crippen molar-refractivity contribution < 1.29 is 13.2 Å². The molecule has 1 aromatic carbocycles. The molecule has 0 spiro atoms. The summed E-state index contributed by atoms with van der Waals surface area (Å²) in [5.41, 5.74) is 1.31. The largest absolute Gasteiger partial charge is 0.350 e. The van der Waals surface area contributed by atoms with Gasteiger partial charge in [0.25, 0.3) is 5.56 Å². The zero-order valence-electron chi connectivity index (χ0n) is 15.2. The molecule has 1 saturated heterocycles. The Kier molecular flexibility index (Phi) is 5.31. The molecule has 1 atom stereocenters. The molecule has 1 aliphatic heterocycles. The number of carbonyl (C=O) groups is 1. The number of nitrogens with one attached hydrogen (secondary N) is 2. The second-order valence-corrected chi connectivity index (χ2v) is 10.2. The molecule has 1 saturated carbocycles. The lowest BCUT2D eigenvalue weighted by Gasteiger charge is -2.14. The van der Waals surface area contributed by atoms with E-state index in [1.54, 1.807) is 18.2 Å². The van der Waals surface area contributed by atoms with Gasteiger partial charge in [-0.15, -0.1) is 0 Å². The topological polar surface area (TPSA) is 96.1 Å². The van der Waals surface area contributed by atoms with Crippen LogP contribution >= 0.6 is 23.2 Å². The van der Waals surface area contributed by atoms with Crippen LogP contribution in [0.2, 0.25) is 10.0 Å². The molecule has 2 N–H and O–H groups in total. The first-order valence-electron chi connectivity index (χ1n) is 9.20. The molecule has 2 fully saturated rings. The SMILES string of the molecule is O=C1CC[C@H](C=C(c2ccc(S(=O)(=O)C3CC3)c(Cl)c2)c2ccc(Cl)c(=O)[nH]2)N1. The average molecular weight is 453 g/mol. The molecule has 1 aromatic heterocycles. The number of hydrogen-bond donors (Lipinski definition) is 2. The molecule has 4 rings (SSSR count). The normalized spacial score (nSPS) is 20.0. The highest BCUT2D eigenvalue weighted by Crippen LogP contribution is 2.38. The Balaban J connectivity index is 1.79. The highest BCUT2D eigenvalue weighted by Gasteiger charge is 2.38. The molecule has 29 heavy (non-hydrogen) atoms. The Hall–Kier alpha value is -2.09. The summed E-state index contributed by atoms with van der Waals surface area (Å²) in [5, 5.41) is 2.69. The number of amides is 1. The van der Waals surface area contributed by atoms with E-state index in [0.29, 0.717) is 42.5 Å². The Labute approximate surface area is 177 Å². The third-order valence-electron chi connectivity index (χ3n) is 5.06. The summed E-state index contributed by atoms with van der Waals surface area (Å²) in [6.07, 6.45) is 4.19. The average Bonchev–Trinajstić information content (AvgIpc) is 3.45. The van der Waals surface area contributed by atoms with Crippen LogP contribution in [-0.4, -0.2) is 30.6 Å². The highest BCUT2D eigenvalue weighted by atomic mass is 35.5. The summed E-state index contributed by atoms with van der Waals surface area (Å²) in [5.74, 6) is -0.0425. The van der Waals surface area contributed by atoms with Crippen LogP contribution in [-0.2, 0) is 14.6 Å². The monoisotopic (exact) mass is 452 g/mol. The standard InChI is InChI=1S/C20H18Cl2N2O4S/c21-15-5-6-17(24-20(15)26)14(10-12-2-8-19(25)23-12)11-1-7-18(16(22)9-11)29(27,28)13-3-4-13/h1,5-7,9-10,12-13H,2-4,8H2,(H,23,25)(H,24,26)/t12-/m1/s1. The van der Waals surface area contributed by atoms with Crippen LogP contribution in [0.1, 0.15) is 36.9 Å². The van der Waals surface area contributed by atoms with Gasteiger partial charge in [0, 0.05) is 23.7 Å². The minimum Gasteiger partial charge on any atom is -0.350 e. The van der Waals surface area contributed by atoms with Crippen LogP contribution in [0.25, 0.3) is 5.57 Å². The fraction of sp³-hybridized carbons (Fsp3) is 0.300. The summed E-state index contributed by atoms with van der Waals surface area (Å²) >= 11 is 12.2. The highest BCUT2D eigenvalue weighted by molar-refractivity contribution is 7.92. The number of aromatic nitrogens is 1. The molecule has 152 valence electrons. The van der Waals surface area contributed by atoms with Crippen molar-refractivity contribution in [2.24, 2.45) is 0 Å². The molecule has 1 aliphatic carbocycles. The lowest BCUT2D eigenvalue weighted by atomic mass is 9.99. The number of hydrogen-bond acceptors (Lipinski definition) is 4. The number of sulfone groups is 1. The van der Waals surface area contributed by atoms with Gasteiger partial charge in [-0.25, -0.2) is 8.42 Å². The summed E-state index contributed by atoms with van der Waals surface area (Å²) in [6.45, 7) is 0. The van der Waals surface area contributed by atoms with Gasteiger partial charge >= 0.3 is 0 Å². The van der Waals surface area contributed by atoms with Crippen LogP contribution in [0.5, 0.6) is 0 Å². The minimum atomic E-state index is -3.43. The molecule has 0 unspecified atom stereocenters. The Morgan fingerprint density at radius 1 is 1.03 bits per heavy atom. The van der Waals surface area contributed by atoms with Gasteiger partial charge in [-0.3, -0.25) is 9.59 Å². The second kappa shape index (κ2) is 7.63. The molecule has 2 aromatic rings.